The lowest BCUT2D eigenvalue weighted by atomic mass is 10.2. The molecular formula is C14H10Br2N2O4. The van der Waals surface area contributed by atoms with E-state index in [-0.39, 0.29) is 6.61 Å². The Morgan fingerprint density at radius 2 is 2.09 bits per heavy atom. The third-order valence-corrected chi connectivity index (χ3v) is 4.54. The van der Waals surface area contributed by atoms with Gasteiger partial charge in [0.25, 0.3) is 5.91 Å². The highest BCUT2D eigenvalue weighted by Gasteiger charge is 2.26. The number of carbonyl (C=O) groups excluding carboxylic acids is 1. The number of hydrogen-bond acceptors (Lipinski definition) is 5. The number of furan rings is 1. The number of benzene rings is 1. The van der Waals surface area contributed by atoms with Crippen LogP contribution in [0.25, 0.3) is 0 Å². The highest BCUT2D eigenvalue weighted by atomic mass is 79.9. The minimum absolute atomic E-state index is 0.135. The molecule has 1 N–H and O–H groups in total. The van der Waals surface area contributed by atoms with E-state index in [2.05, 4.69) is 42.4 Å². The zero-order chi connectivity index (χ0) is 15.5. The van der Waals surface area contributed by atoms with Gasteiger partial charge in [0.05, 0.1) is 10.7 Å². The SMILES string of the molecule is O=C(N/N=C\c1cc(Br)c(Br)o1)[C@H]1COc2ccccc2O1. The van der Waals surface area contributed by atoms with E-state index in [1.54, 1.807) is 18.2 Å². The summed E-state index contributed by atoms with van der Waals surface area (Å²) in [5.41, 5.74) is 2.40. The number of nitrogens with zero attached hydrogens (tertiary/aromatic N) is 1. The molecule has 1 amide bonds. The molecular weight excluding hydrogens is 420 g/mol. The van der Waals surface area contributed by atoms with Crippen molar-refractivity contribution in [2.45, 2.75) is 6.10 Å². The summed E-state index contributed by atoms with van der Waals surface area (Å²) in [6, 6.07) is 8.90. The van der Waals surface area contributed by atoms with Crippen molar-refractivity contribution in [3.05, 3.63) is 45.2 Å². The van der Waals surface area contributed by atoms with Gasteiger partial charge in [-0.15, -0.1) is 0 Å². The zero-order valence-corrected chi connectivity index (χ0v) is 14.3. The number of halogens is 2. The Hall–Kier alpha value is -1.80. The molecule has 1 aliphatic rings. The monoisotopic (exact) mass is 428 g/mol. The summed E-state index contributed by atoms with van der Waals surface area (Å²) in [4.78, 5) is 12.0. The van der Waals surface area contributed by atoms with Crippen molar-refractivity contribution in [3.63, 3.8) is 0 Å². The van der Waals surface area contributed by atoms with Gasteiger partial charge in [0.15, 0.2) is 16.2 Å². The van der Waals surface area contributed by atoms with E-state index >= 15 is 0 Å². The first kappa shape index (κ1) is 15.1. The van der Waals surface area contributed by atoms with E-state index in [0.717, 1.165) is 4.47 Å². The van der Waals surface area contributed by atoms with Gasteiger partial charge < -0.3 is 13.9 Å². The number of amides is 1. The van der Waals surface area contributed by atoms with E-state index in [9.17, 15) is 4.79 Å². The second-order valence-electron chi connectivity index (χ2n) is 4.37. The molecule has 0 spiro atoms. The number of hydrazone groups is 1. The van der Waals surface area contributed by atoms with Gasteiger partial charge in [-0.05, 0) is 44.0 Å². The van der Waals surface area contributed by atoms with Crippen molar-refractivity contribution >= 4 is 44.0 Å². The summed E-state index contributed by atoms with van der Waals surface area (Å²) in [6.45, 7) is 0.135. The van der Waals surface area contributed by atoms with Crippen LogP contribution in [0.3, 0.4) is 0 Å². The van der Waals surface area contributed by atoms with Crippen LogP contribution in [0.15, 0.2) is 49.0 Å². The molecule has 0 saturated carbocycles. The van der Waals surface area contributed by atoms with E-state index in [0.29, 0.717) is 21.9 Å². The Bertz CT molecular complexity index is 710. The van der Waals surface area contributed by atoms with Crippen LogP contribution in [-0.2, 0) is 4.79 Å². The largest absolute Gasteiger partial charge is 0.485 e. The number of nitrogens with one attached hydrogen (secondary N) is 1. The maximum Gasteiger partial charge on any atom is 0.284 e. The molecule has 1 aromatic heterocycles. The number of ether oxygens (including phenoxy) is 2. The van der Waals surface area contributed by atoms with Crippen molar-refractivity contribution < 1.29 is 18.7 Å². The highest BCUT2D eigenvalue weighted by molar-refractivity contribution is 9.13. The molecule has 2 heterocycles. The van der Waals surface area contributed by atoms with Gasteiger partial charge in [-0.1, -0.05) is 12.1 Å². The summed E-state index contributed by atoms with van der Waals surface area (Å²) in [5, 5.41) is 3.83. The molecule has 1 atom stereocenters. The van der Waals surface area contributed by atoms with Gasteiger partial charge in [-0.3, -0.25) is 4.79 Å². The van der Waals surface area contributed by atoms with Crippen molar-refractivity contribution in [1.82, 2.24) is 5.43 Å². The minimum atomic E-state index is -0.748. The van der Waals surface area contributed by atoms with E-state index in [1.807, 2.05) is 12.1 Å². The molecule has 3 rings (SSSR count). The lowest BCUT2D eigenvalue weighted by Crippen LogP contribution is -2.42. The van der Waals surface area contributed by atoms with E-state index in [4.69, 9.17) is 13.9 Å². The predicted octanol–water partition coefficient (Wildman–Crippen LogP) is 3.09. The Morgan fingerprint density at radius 1 is 1.32 bits per heavy atom. The van der Waals surface area contributed by atoms with Crippen LogP contribution in [0.2, 0.25) is 0 Å². The minimum Gasteiger partial charge on any atom is -0.485 e. The standard InChI is InChI=1S/C14H10Br2N2O4/c15-9-5-8(21-13(9)16)6-17-18-14(19)12-7-20-10-3-1-2-4-11(10)22-12/h1-6,12H,7H2,(H,18,19)/b17-6-/t12-/m1/s1. The molecule has 114 valence electrons. The predicted molar refractivity (Wildman–Crippen MR) is 86.2 cm³/mol. The maximum absolute atomic E-state index is 12.0. The summed E-state index contributed by atoms with van der Waals surface area (Å²) in [5.74, 6) is 1.26. The molecule has 1 aliphatic heterocycles. The first-order chi connectivity index (χ1) is 10.6. The highest BCUT2D eigenvalue weighted by Crippen LogP contribution is 2.30. The quantitative estimate of drug-likeness (QED) is 0.601. The maximum atomic E-state index is 12.0. The topological polar surface area (TPSA) is 73.1 Å². The number of carbonyl (C=O) groups is 1. The first-order valence-corrected chi connectivity index (χ1v) is 7.88. The van der Waals surface area contributed by atoms with Crippen LogP contribution in [0, 0.1) is 0 Å². The fourth-order valence-corrected chi connectivity index (χ4v) is 2.42. The van der Waals surface area contributed by atoms with Crippen molar-refractivity contribution in [2.24, 2.45) is 5.10 Å². The molecule has 0 aliphatic carbocycles. The molecule has 1 aromatic carbocycles. The Balaban J connectivity index is 1.59. The molecule has 2 aromatic rings. The van der Waals surface area contributed by atoms with Crippen LogP contribution in [0.1, 0.15) is 5.76 Å². The Morgan fingerprint density at radius 3 is 2.82 bits per heavy atom. The summed E-state index contributed by atoms with van der Waals surface area (Å²) >= 11 is 6.50. The van der Waals surface area contributed by atoms with E-state index < -0.39 is 12.0 Å². The average Bonchev–Trinajstić information content (AvgIpc) is 2.85. The van der Waals surface area contributed by atoms with Gasteiger partial charge in [-0.2, -0.15) is 5.10 Å². The molecule has 0 saturated heterocycles. The van der Waals surface area contributed by atoms with Gasteiger partial charge in [0.1, 0.15) is 12.4 Å². The second kappa shape index (κ2) is 6.53. The third kappa shape index (κ3) is 3.33. The van der Waals surface area contributed by atoms with Gasteiger partial charge in [-0.25, -0.2) is 5.43 Å². The molecule has 22 heavy (non-hydrogen) atoms. The zero-order valence-electron chi connectivity index (χ0n) is 11.1. The fraction of sp³-hybridized carbons (Fsp3) is 0.143. The molecule has 8 heteroatoms. The number of fused-ring (bicyclic) bond motifs is 1. The molecule has 0 unspecified atom stereocenters. The lowest BCUT2D eigenvalue weighted by molar-refractivity contribution is -0.130. The normalized spacial score (nSPS) is 16.7. The van der Waals surface area contributed by atoms with Crippen molar-refractivity contribution in [3.8, 4) is 11.5 Å². The van der Waals surface area contributed by atoms with Crippen molar-refractivity contribution in [2.75, 3.05) is 6.61 Å². The molecule has 0 fully saturated rings. The molecule has 0 bridgehead atoms. The summed E-state index contributed by atoms with van der Waals surface area (Å²) in [7, 11) is 0. The van der Waals surface area contributed by atoms with Crippen LogP contribution < -0.4 is 14.9 Å². The first-order valence-electron chi connectivity index (χ1n) is 6.30. The number of para-hydroxylation sites is 2. The third-order valence-electron chi connectivity index (χ3n) is 2.83. The second-order valence-corrected chi connectivity index (χ2v) is 5.94. The van der Waals surface area contributed by atoms with Crippen LogP contribution in [0.5, 0.6) is 11.5 Å². The molecule has 6 nitrogen and oxygen atoms in total. The Labute approximate surface area is 142 Å². The fourth-order valence-electron chi connectivity index (χ4n) is 1.81. The van der Waals surface area contributed by atoms with Gasteiger partial charge in [0, 0.05) is 6.07 Å². The smallest absolute Gasteiger partial charge is 0.284 e. The summed E-state index contributed by atoms with van der Waals surface area (Å²) in [6.07, 6.45) is 0.646. The van der Waals surface area contributed by atoms with Gasteiger partial charge >= 0.3 is 0 Å². The van der Waals surface area contributed by atoms with Crippen LogP contribution in [0.4, 0.5) is 0 Å². The lowest BCUT2D eigenvalue weighted by Gasteiger charge is -2.24. The number of hydrogen-bond donors (Lipinski definition) is 1. The average molecular weight is 430 g/mol. The van der Waals surface area contributed by atoms with E-state index in [1.165, 1.54) is 6.21 Å². The van der Waals surface area contributed by atoms with Crippen LogP contribution >= 0.6 is 31.9 Å². The van der Waals surface area contributed by atoms with Crippen molar-refractivity contribution in [1.29, 1.82) is 0 Å². The Kier molecular flexibility index (Phi) is 4.49. The van der Waals surface area contributed by atoms with Gasteiger partial charge in [0.2, 0.25) is 6.10 Å². The summed E-state index contributed by atoms with van der Waals surface area (Å²) < 4.78 is 17.7. The number of rotatable bonds is 3. The van der Waals surface area contributed by atoms with Crippen LogP contribution in [-0.4, -0.2) is 24.8 Å². The molecule has 0 radical (unpaired) electrons.